The summed E-state index contributed by atoms with van der Waals surface area (Å²) >= 11 is 0. The predicted octanol–water partition coefficient (Wildman–Crippen LogP) is 0.940. The summed E-state index contributed by atoms with van der Waals surface area (Å²) in [7, 11) is 0. The van der Waals surface area contributed by atoms with Crippen molar-refractivity contribution in [1.29, 1.82) is 0 Å². The summed E-state index contributed by atoms with van der Waals surface area (Å²) in [5.74, 6) is 7.24. The van der Waals surface area contributed by atoms with Gasteiger partial charge in [0.25, 0.3) is 0 Å². The molecule has 1 aliphatic heterocycles. The molecule has 3 N–H and O–H groups in total. The molecule has 6 heteroatoms. The lowest BCUT2D eigenvalue weighted by Crippen LogP contribution is -2.44. The fourth-order valence-corrected chi connectivity index (χ4v) is 2.30. The van der Waals surface area contributed by atoms with E-state index in [0.717, 1.165) is 49.8 Å². The van der Waals surface area contributed by atoms with Crippen LogP contribution >= 0.6 is 0 Å². The Morgan fingerprint density at radius 1 is 1.56 bits per heavy atom. The Morgan fingerprint density at radius 2 is 2.39 bits per heavy atom. The summed E-state index contributed by atoms with van der Waals surface area (Å²) in [6, 6.07) is 0.329. The number of ether oxygens (including phenoxy) is 1. The molecule has 0 spiro atoms. The van der Waals surface area contributed by atoms with Gasteiger partial charge in [-0.3, -0.25) is 0 Å². The minimum Gasteiger partial charge on any atom is -0.377 e. The number of rotatable bonds is 4. The van der Waals surface area contributed by atoms with E-state index in [1.165, 1.54) is 0 Å². The fraction of sp³-hybridized carbons (Fsp3) is 0.667. The minimum atomic E-state index is 0.329. The zero-order chi connectivity index (χ0) is 13.0. The Morgan fingerprint density at radius 3 is 3.06 bits per heavy atom. The van der Waals surface area contributed by atoms with Crippen LogP contribution in [-0.4, -0.2) is 35.8 Å². The van der Waals surface area contributed by atoms with Gasteiger partial charge >= 0.3 is 0 Å². The number of nitrogens with two attached hydrogens (primary N) is 1. The first-order valence-electron chi connectivity index (χ1n) is 6.42. The van der Waals surface area contributed by atoms with E-state index < -0.39 is 0 Å². The van der Waals surface area contributed by atoms with Crippen molar-refractivity contribution in [2.45, 2.75) is 32.7 Å². The van der Waals surface area contributed by atoms with Crippen molar-refractivity contribution in [2.24, 2.45) is 5.84 Å². The van der Waals surface area contributed by atoms with Gasteiger partial charge in [-0.1, -0.05) is 13.3 Å². The Kier molecular flexibility index (Phi) is 4.33. The van der Waals surface area contributed by atoms with Gasteiger partial charge in [-0.25, -0.2) is 15.8 Å². The van der Waals surface area contributed by atoms with Crippen LogP contribution in [0.3, 0.4) is 0 Å². The third-order valence-electron chi connectivity index (χ3n) is 3.20. The average molecular weight is 251 g/mol. The lowest BCUT2D eigenvalue weighted by Gasteiger charge is -2.35. The van der Waals surface area contributed by atoms with Crippen LogP contribution in [0.25, 0.3) is 0 Å². The molecule has 6 nitrogen and oxygen atoms in total. The summed E-state index contributed by atoms with van der Waals surface area (Å²) in [6.45, 7) is 6.62. The van der Waals surface area contributed by atoms with Gasteiger partial charge in [0.2, 0.25) is 0 Å². The molecule has 1 saturated heterocycles. The Hall–Kier alpha value is -1.40. The first-order valence-corrected chi connectivity index (χ1v) is 6.42. The minimum absolute atomic E-state index is 0.329. The molecule has 0 bridgehead atoms. The second-order valence-corrected chi connectivity index (χ2v) is 4.54. The molecule has 0 aromatic carbocycles. The number of hydrogen-bond donors (Lipinski definition) is 2. The van der Waals surface area contributed by atoms with E-state index in [9.17, 15) is 0 Å². The molecule has 0 radical (unpaired) electrons. The molecule has 1 unspecified atom stereocenters. The van der Waals surface area contributed by atoms with Crippen LogP contribution in [0.4, 0.5) is 11.6 Å². The summed E-state index contributed by atoms with van der Waals surface area (Å²) in [4.78, 5) is 10.9. The summed E-state index contributed by atoms with van der Waals surface area (Å²) in [5.41, 5.74) is 3.76. The molecule has 2 rings (SSSR count). The highest BCUT2D eigenvalue weighted by atomic mass is 16.5. The van der Waals surface area contributed by atoms with E-state index in [0.29, 0.717) is 6.04 Å². The van der Waals surface area contributed by atoms with Gasteiger partial charge in [-0.2, -0.15) is 0 Å². The van der Waals surface area contributed by atoms with Gasteiger partial charge in [-0.05, 0) is 13.3 Å². The summed E-state index contributed by atoms with van der Waals surface area (Å²) < 4.78 is 5.46. The van der Waals surface area contributed by atoms with Crippen LogP contribution in [0.5, 0.6) is 0 Å². The third-order valence-corrected chi connectivity index (χ3v) is 3.20. The van der Waals surface area contributed by atoms with Gasteiger partial charge in [0.05, 0.1) is 19.3 Å². The quantitative estimate of drug-likeness (QED) is 0.612. The lowest BCUT2D eigenvalue weighted by molar-refractivity contribution is 0.0984. The monoisotopic (exact) mass is 251 g/mol. The van der Waals surface area contributed by atoms with E-state index in [1.807, 2.05) is 0 Å². The molecule has 1 atom stereocenters. The molecule has 0 amide bonds. The van der Waals surface area contributed by atoms with Crippen LogP contribution in [0.2, 0.25) is 0 Å². The van der Waals surface area contributed by atoms with Crippen molar-refractivity contribution >= 4 is 11.6 Å². The van der Waals surface area contributed by atoms with Crippen LogP contribution in [-0.2, 0) is 11.2 Å². The van der Waals surface area contributed by atoms with Gasteiger partial charge in [0.15, 0.2) is 0 Å². The number of morpholine rings is 1. The number of hydrazine groups is 1. The Bertz CT molecular complexity index is 398. The smallest absolute Gasteiger partial charge is 0.148 e. The van der Waals surface area contributed by atoms with Crippen LogP contribution in [0, 0.1) is 0 Å². The van der Waals surface area contributed by atoms with Crippen molar-refractivity contribution in [3.63, 3.8) is 0 Å². The molecule has 2 heterocycles. The number of hydrogen-bond acceptors (Lipinski definition) is 6. The standard InChI is InChI=1S/C12H21N5O/c1-3-4-10-11(16-13)14-8-15-12(10)17-5-6-18-7-9(17)2/h8-9H,3-7,13H2,1-2H3,(H,14,15,16). The second kappa shape index (κ2) is 5.97. The topological polar surface area (TPSA) is 76.3 Å². The highest BCUT2D eigenvalue weighted by Gasteiger charge is 2.23. The molecule has 1 aliphatic rings. The van der Waals surface area contributed by atoms with E-state index >= 15 is 0 Å². The molecule has 100 valence electrons. The van der Waals surface area contributed by atoms with Crippen molar-refractivity contribution in [2.75, 3.05) is 30.1 Å². The zero-order valence-corrected chi connectivity index (χ0v) is 11.0. The zero-order valence-electron chi connectivity index (χ0n) is 11.0. The van der Waals surface area contributed by atoms with Crippen LogP contribution in [0.15, 0.2) is 6.33 Å². The number of anilines is 2. The SMILES string of the molecule is CCCc1c(NN)ncnc1N1CCOCC1C. The molecule has 1 fully saturated rings. The Labute approximate surface area is 108 Å². The Balaban J connectivity index is 2.35. The molecule has 18 heavy (non-hydrogen) atoms. The van der Waals surface area contributed by atoms with E-state index in [-0.39, 0.29) is 0 Å². The molecule has 1 aromatic heterocycles. The molecular weight excluding hydrogens is 230 g/mol. The number of aromatic nitrogens is 2. The first kappa shape index (κ1) is 13.0. The van der Waals surface area contributed by atoms with E-state index in [1.54, 1.807) is 6.33 Å². The van der Waals surface area contributed by atoms with Gasteiger partial charge < -0.3 is 15.1 Å². The maximum atomic E-state index is 5.53. The molecule has 0 aliphatic carbocycles. The molecular formula is C12H21N5O. The summed E-state index contributed by atoms with van der Waals surface area (Å²) in [6.07, 6.45) is 3.51. The second-order valence-electron chi connectivity index (χ2n) is 4.54. The highest BCUT2D eigenvalue weighted by Crippen LogP contribution is 2.26. The van der Waals surface area contributed by atoms with E-state index in [4.69, 9.17) is 10.6 Å². The normalized spacial score (nSPS) is 19.9. The lowest BCUT2D eigenvalue weighted by atomic mass is 10.1. The third kappa shape index (κ3) is 2.54. The molecule has 0 saturated carbocycles. The summed E-state index contributed by atoms with van der Waals surface area (Å²) in [5, 5.41) is 0. The number of nitrogen functional groups attached to an aromatic ring is 1. The van der Waals surface area contributed by atoms with Gasteiger partial charge in [0, 0.05) is 12.1 Å². The van der Waals surface area contributed by atoms with Crippen molar-refractivity contribution in [3.8, 4) is 0 Å². The number of nitrogens with one attached hydrogen (secondary N) is 1. The van der Waals surface area contributed by atoms with Crippen LogP contribution in [0.1, 0.15) is 25.8 Å². The van der Waals surface area contributed by atoms with Crippen LogP contribution < -0.4 is 16.2 Å². The number of nitrogens with zero attached hydrogens (tertiary/aromatic N) is 3. The van der Waals surface area contributed by atoms with Crippen molar-refractivity contribution < 1.29 is 4.74 Å². The maximum absolute atomic E-state index is 5.53. The van der Waals surface area contributed by atoms with Crippen molar-refractivity contribution in [1.82, 2.24) is 9.97 Å². The molecule has 1 aromatic rings. The van der Waals surface area contributed by atoms with E-state index in [2.05, 4.69) is 34.1 Å². The average Bonchev–Trinajstić information content (AvgIpc) is 2.40. The largest absolute Gasteiger partial charge is 0.377 e. The highest BCUT2D eigenvalue weighted by molar-refractivity contribution is 5.59. The van der Waals surface area contributed by atoms with Crippen molar-refractivity contribution in [3.05, 3.63) is 11.9 Å². The van der Waals surface area contributed by atoms with Gasteiger partial charge in [0.1, 0.15) is 18.0 Å². The predicted molar refractivity (Wildman–Crippen MR) is 71.5 cm³/mol. The fourth-order valence-electron chi connectivity index (χ4n) is 2.30. The first-order chi connectivity index (χ1) is 8.77. The van der Waals surface area contributed by atoms with Gasteiger partial charge in [-0.15, -0.1) is 0 Å². The maximum Gasteiger partial charge on any atom is 0.148 e.